The molecular formula is C12H21BN2O3. The second-order valence-electron chi connectivity index (χ2n) is 5.72. The van der Waals surface area contributed by atoms with Gasteiger partial charge in [-0.05, 0) is 34.6 Å². The maximum atomic E-state index is 5.99. The van der Waals surface area contributed by atoms with Crippen molar-refractivity contribution in [3.05, 3.63) is 5.69 Å². The Morgan fingerprint density at radius 3 is 2.06 bits per heavy atom. The molecule has 1 aliphatic rings. The van der Waals surface area contributed by atoms with E-state index in [2.05, 4.69) is 4.98 Å². The molecule has 0 amide bonds. The van der Waals surface area contributed by atoms with Gasteiger partial charge in [-0.25, -0.2) is 4.98 Å². The lowest BCUT2D eigenvalue weighted by molar-refractivity contribution is 0.00578. The number of rotatable bonds is 2. The van der Waals surface area contributed by atoms with Crippen LogP contribution in [-0.4, -0.2) is 35.0 Å². The zero-order chi connectivity index (χ0) is 13.7. The van der Waals surface area contributed by atoms with Crippen LogP contribution >= 0.6 is 0 Å². The van der Waals surface area contributed by atoms with Crippen LogP contribution in [0.3, 0.4) is 0 Å². The predicted molar refractivity (Wildman–Crippen MR) is 70.2 cm³/mol. The number of ether oxygens (including phenoxy) is 1. The van der Waals surface area contributed by atoms with Gasteiger partial charge in [-0.15, -0.1) is 0 Å². The molecule has 100 valence electrons. The minimum atomic E-state index is -0.440. The summed E-state index contributed by atoms with van der Waals surface area (Å²) in [7, 11) is 3.08. The monoisotopic (exact) mass is 252 g/mol. The van der Waals surface area contributed by atoms with Crippen molar-refractivity contribution < 1.29 is 14.0 Å². The largest absolute Gasteiger partial charge is 0.516 e. The fourth-order valence-electron chi connectivity index (χ4n) is 1.93. The van der Waals surface area contributed by atoms with Crippen molar-refractivity contribution in [3.8, 4) is 6.01 Å². The molecule has 1 aromatic rings. The number of imidazole rings is 1. The third kappa shape index (κ3) is 1.84. The second-order valence-corrected chi connectivity index (χ2v) is 5.72. The van der Waals surface area contributed by atoms with Crippen LogP contribution in [0.4, 0.5) is 0 Å². The first kappa shape index (κ1) is 13.4. The van der Waals surface area contributed by atoms with Crippen molar-refractivity contribution in [2.45, 2.75) is 45.8 Å². The molecule has 0 aromatic carbocycles. The second kappa shape index (κ2) is 4.00. The van der Waals surface area contributed by atoms with Gasteiger partial charge >= 0.3 is 7.12 Å². The SMILES string of the molecule is COc1nc(B2OC(C)(C)C(C)(C)O2)c(C)n1C. The molecule has 0 bridgehead atoms. The van der Waals surface area contributed by atoms with Crippen LogP contribution in [0.25, 0.3) is 0 Å². The highest BCUT2D eigenvalue weighted by Crippen LogP contribution is 2.36. The van der Waals surface area contributed by atoms with E-state index in [1.54, 1.807) is 7.11 Å². The van der Waals surface area contributed by atoms with Crippen LogP contribution < -0.4 is 10.3 Å². The number of methoxy groups -OCH3 is 1. The molecule has 1 saturated heterocycles. The first-order valence-electron chi connectivity index (χ1n) is 6.12. The molecule has 0 spiro atoms. The van der Waals surface area contributed by atoms with Gasteiger partial charge < -0.3 is 18.6 Å². The van der Waals surface area contributed by atoms with Crippen LogP contribution in [0.15, 0.2) is 0 Å². The van der Waals surface area contributed by atoms with Crippen molar-refractivity contribution in [2.75, 3.05) is 7.11 Å². The highest BCUT2D eigenvalue weighted by atomic mass is 16.7. The predicted octanol–water partition coefficient (Wildman–Crippen LogP) is 1.04. The molecule has 0 radical (unpaired) electrons. The van der Waals surface area contributed by atoms with E-state index in [-0.39, 0.29) is 11.2 Å². The molecule has 2 rings (SSSR count). The smallest absolute Gasteiger partial charge is 0.468 e. The minimum Gasteiger partial charge on any atom is -0.468 e. The molecular weight excluding hydrogens is 231 g/mol. The van der Waals surface area contributed by atoms with Crippen LogP contribution in [0.5, 0.6) is 6.01 Å². The van der Waals surface area contributed by atoms with Gasteiger partial charge in [0.25, 0.3) is 6.01 Å². The molecule has 5 nitrogen and oxygen atoms in total. The summed E-state index contributed by atoms with van der Waals surface area (Å²) in [6.45, 7) is 10.1. The number of hydrogen-bond acceptors (Lipinski definition) is 4. The van der Waals surface area contributed by atoms with E-state index in [4.69, 9.17) is 14.0 Å². The summed E-state index contributed by atoms with van der Waals surface area (Å²) in [6, 6.07) is 0.567. The van der Waals surface area contributed by atoms with Gasteiger partial charge in [-0.2, -0.15) is 0 Å². The Hall–Kier alpha value is -1.01. The first-order valence-corrected chi connectivity index (χ1v) is 6.12. The van der Waals surface area contributed by atoms with E-state index in [1.165, 1.54) is 0 Å². The molecule has 0 atom stereocenters. The van der Waals surface area contributed by atoms with Crippen LogP contribution in [0.2, 0.25) is 0 Å². The fraction of sp³-hybridized carbons (Fsp3) is 0.750. The number of nitrogens with zero attached hydrogens (tertiary/aromatic N) is 2. The molecule has 0 unspecified atom stereocenters. The molecule has 1 aliphatic heterocycles. The molecule has 0 aliphatic carbocycles. The van der Waals surface area contributed by atoms with Crippen molar-refractivity contribution in [3.63, 3.8) is 0 Å². The Labute approximate surface area is 109 Å². The topological polar surface area (TPSA) is 45.5 Å². The molecule has 1 aromatic heterocycles. The lowest BCUT2D eigenvalue weighted by Crippen LogP contribution is -2.41. The minimum absolute atomic E-state index is 0.352. The molecule has 18 heavy (non-hydrogen) atoms. The van der Waals surface area contributed by atoms with Gasteiger partial charge in [0.2, 0.25) is 0 Å². The fourth-order valence-corrected chi connectivity index (χ4v) is 1.93. The quantitative estimate of drug-likeness (QED) is 0.738. The Morgan fingerprint density at radius 1 is 1.17 bits per heavy atom. The molecule has 2 heterocycles. The van der Waals surface area contributed by atoms with E-state index < -0.39 is 7.12 Å². The molecule has 6 heteroatoms. The third-order valence-corrected chi connectivity index (χ3v) is 4.04. The van der Waals surface area contributed by atoms with Crippen LogP contribution in [0.1, 0.15) is 33.4 Å². The van der Waals surface area contributed by atoms with Gasteiger partial charge in [0, 0.05) is 12.7 Å². The molecule has 0 saturated carbocycles. The van der Waals surface area contributed by atoms with E-state index >= 15 is 0 Å². The summed E-state index contributed by atoms with van der Waals surface area (Å²) < 4.78 is 19.1. The van der Waals surface area contributed by atoms with Gasteiger partial charge in [0.1, 0.15) is 0 Å². The van der Waals surface area contributed by atoms with Crippen molar-refractivity contribution in [1.82, 2.24) is 9.55 Å². The zero-order valence-electron chi connectivity index (χ0n) is 12.2. The lowest BCUT2D eigenvalue weighted by Gasteiger charge is -2.32. The summed E-state index contributed by atoms with van der Waals surface area (Å²) in [6.07, 6.45) is 0. The normalized spacial score (nSPS) is 21.4. The third-order valence-electron chi connectivity index (χ3n) is 4.04. The van der Waals surface area contributed by atoms with Crippen molar-refractivity contribution in [2.24, 2.45) is 7.05 Å². The first-order chi connectivity index (χ1) is 8.19. The van der Waals surface area contributed by atoms with Gasteiger partial charge in [0.05, 0.1) is 23.9 Å². The van der Waals surface area contributed by atoms with Gasteiger partial charge in [-0.1, -0.05) is 0 Å². The van der Waals surface area contributed by atoms with Gasteiger partial charge in [0.15, 0.2) is 0 Å². The maximum absolute atomic E-state index is 5.99. The highest BCUT2D eigenvalue weighted by molar-refractivity contribution is 6.61. The zero-order valence-corrected chi connectivity index (χ0v) is 12.2. The van der Waals surface area contributed by atoms with E-state index in [1.807, 2.05) is 46.2 Å². The Morgan fingerprint density at radius 2 is 1.67 bits per heavy atom. The van der Waals surface area contributed by atoms with E-state index in [0.717, 1.165) is 11.3 Å². The Bertz CT molecular complexity index is 452. The average molecular weight is 252 g/mol. The Balaban J connectivity index is 2.35. The summed E-state index contributed by atoms with van der Waals surface area (Å²) in [5.74, 6) is 0. The van der Waals surface area contributed by atoms with Crippen LogP contribution in [0, 0.1) is 6.92 Å². The summed E-state index contributed by atoms with van der Waals surface area (Å²) in [4.78, 5) is 4.43. The van der Waals surface area contributed by atoms with Crippen molar-refractivity contribution >= 4 is 12.7 Å². The molecule has 1 fully saturated rings. The number of aromatic nitrogens is 2. The van der Waals surface area contributed by atoms with Crippen molar-refractivity contribution in [1.29, 1.82) is 0 Å². The van der Waals surface area contributed by atoms with E-state index in [0.29, 0.717) is 6.01 Å². The Kier molecular flexibility index (Phi) is 2.98. The lowest BCUT2D eigenvalue weighted by atomic mass is 9.83. The summed E-state index contributed by atoms with van der Waals surface area (Å²) >= 11 is 0. The maximum Gasteiger partial charge on any atom is 0.516 e. The molecule has 0 N–H and O–H groups in total. The number of hydrogen-bond donors (Lipinski definition) is 0. The summed E-state index contributed by atoms with van der Waals surface area (Å²) in [5.41, 5.74) is 1.07. The van der Waals surface area contributed by atoms with E-state index in [9.17, 15) is 0 Å². The average Bonchev–Trinajstić information content (AvgIpc) is 2.64. The summed E-state index contributed by atoms with van der Waals surface area (Å²) in [5, 5.41) is 0. The van der Waals surface area contributed by atoms with Gasteiger partial charge in [-0.3, -0.25) is 0 Å². The van der Waals surface area contributed by atoms with Crippen LogP contribution in [-0.2, 0) is 16.4 Å². The standard InChI is InChI=1S/C12H21BN2O3/c1-8-9(14-10(16-7)15(8)6)13-17-11(2,3)12(4,5)18-13/h1-7H3. The highest BCUT2D eigenvalue weighted by Gasteiger charge is 2.53.